The van der Waals surface area contributed by atoms with E-state index in [0.717, 1.165) is 4.88 Å². The molecule has 0 N–H and O–H groups in total. The maximum absolute atomic E-state index is 10.7. The van der Waals surface area contributed by atoms with Crippen molar-refractivity contribution in [2.45, 2.75) is 13.5 Å². The molecule has 0 radical (unpaired) electrons. The van der Waals surface area contributed by atoms with Crippen molar-refractivity contribution < 1.29 is 9.34 Å². The van der Waals surface area contributed by atoms with Crippen molar-refractivity contribution in [3.05, 3.63) is 45.3 Å². The fourth-order valence-corrected chi connectivity index (χ4v) is 2.33. The van der Waals surface area contributed by atoms with Gasteiger partial charge in [0.1, 0.15) is 6.54 Å². The van der Waals surface area contributed by atoms with Gasteiger partial charge in [-0.25, -0.2) is 0 Å². The van der Waals surface area contributed by atoms with Gasteiger partial charge in [0.25, 0.3) is 5.89 Å². The van der Waals surface area contributed by atoms with Gasteiger partial charge in [0.15, 0.2) is 0 Å². The maximum atomic E-state index is 10.7. The first-order chi connectivity index (χ1) is 9.63. The average Bonchev–Trinajstić information content (AvgIpc) is 3.11. The second-order valence-corrected chi connectivity index (χ2v) is 4.98. The molecular weight excluding hydrogens is 282 g/mol. The Balaban J connectivity index is 1.83. The molecule has 8 nitrogen and oxygen atoms in total. The minimum Gasteiger partial charge on any atom is -0.418 e. The van der Waals surface area contributed by atoms with E-state index in [0.29, 0.717) is 17.5 Å². The molecule has 20 heavy (non-hydrogen) atoms. The normalized spacial score (nSPS) is 10.8. The zero-order chi connectivity index (χ0) is 14.1. The van der Waals surface area contributed by atoms with Crippen LogP contribution in [0.25, 0.3) is 10.8 Å². The highest BCUT2D eigenvalue weighted by Gasteiger charge is 2.18. The third kappa shape index (κ3) is 2.30. The summed E-state index contributed by atoms with van der Waals surface area (Å²) in [4.78, 5) is 11.0. The number of rotatable bonds is 4. The molecule has 3 aromatic heterocycles. The van der Waals surface area contributed by atoms with Crippen molar-refractivity contribution in [3.63, 3.8) is 0 Å². The first kappa shape index (κ1) is 12.5. The monoisotopic (exact) mass is 291 g/mol. The topological polar surface area (TPSA) is 99.9 Å². The van der Waals surface area contributed by atoms with Crippen LogP contribution >= 0.6 is 11.3 Å². The van der Waals surface area contributed by atoms with Gasteiger partial charge in [-0.05, 0) is 23.3 Å². The molecule has 9 heteroatoms. The standard InChI is InChI=1S/C11H9N5O3S/c1-7-5-9(16(17)18)14-15(7)6-10-12-13-11(19-10)8-3-2-4-20-8/h2-5H,6H2,1H3. The lowest BCUT2D eigenvalue weighted by Crippen LogP contribution is -2.04. The van der Waals surface area contributed by atoms with Crippen molar-refractivity contribution in [3.8, 4) is 10.8 Å². The Labute approximate surface area is 116 Å². The molecule has 3 heterocycles. The first-order valence-electron chi connectivity index (χ1n) is 5.68. The van der Waals surface area contributed by atoms with Crippen molar-refractivity contribution in [2.75, 3.05) is 0 Å². The van der Waals surface area contributed by atoms with E-state index in [2.05, 4.69) is 15.3 Å². The van der Waals surface area contributed by atoms with Gasteiger partial charge in [-0.15, -0.1) is 21.5 Å². The lowest BCUT2D eigenvalue weighted by Gasteiger charge is -1.93. The SMILES string of the molecule is Cc1cc([N+](=O)[O-])nn1Cc1nnc(-c2cccs2)o1. The molecule has 0 aliphatic rings. The molecule has 0 aliphatic heterocycles. The van der Waals surface area contributed by atoms with Crippen LogP contribution in [-0.4, -0.2) is 24.9 Å². The number of hydrogen-bond acceptors (Lipinski definition) is 7. The van der Waals surface area contributed by atoms with Crippen molar-refractivity contribution in [2.24, 2.45) is 0 Å². The summed E-state index contributed by atoms with van der Waals surface area (Å²) in [6.45, 7) is 1.94. The fourth-order valence-electron chi connectivity index (χ4n) is 1.69. The van der Waals surface area contributed by atoms with Crippen LogP contribution in [0.2, 0.25) is 0 Å². The molecule has 0 amide bonds. The molecule has 0 aliphatic carbocycles. The van der Waals surface area contributed by atoms with E-state index in [1.54, 1.807) is 6.92 Å². The lowest BCUT2D eigenvalue weighted by atomic mass is 10.4. The number of nitrogens with zero attached hydrogens (tertiary/aromatic N) is 5. The number of thiophene rings is 1. The van der Waals surface area contributed by atoms with Crippen LogP contribution in [0, 0.1) is 17.0 Å². The number of aryl methyl sites for hydroxylation is 1. The van der Waals surface area contributed by atoms with Crippen LogP contribution in [0.4, 0.5) is 5.82 Å². The van der Waals surface area contributed by atoms with Crippen molar-refractivity contribution in [1.29, 1.82) is 0 Å². The quantitative estimate of drug-likeness (QED) is 0.540. The molecule has 0 saturated heterocycles. The second-order valence-electron chi connectivity index (χ2n) is 4.04. The molecule has 0 bridgehead atoms. The van der Waals surface area contributed by atoms with E-state index < -0.39 is 4.92 Å². The first-order valence-corrected chi connectivity index (χ1v) is 6.56. The largest absolute Gasteiger partial charge is 0.418 e. The van der Waals surface area contributed by atoms with E-state index >= 15 is 0 Å². The Morgan fingerprint density at radius 2 is 2.35 bits per heavy atom. The van der Waals surface area contributed by atoms with Gasteiger partial charge in [0.05, 0.1) is 21.7 Å². The maximum Gasteiger partial charge on any atom is 0.390 e. The van der Waals surface area contributed by atoms with Gasteiger partial charge in [-0.3, -0.25) is 0 Å². The Bertz CT molecular complexity index is 746. The highest BCUT2D eigenvalue weighted by atomic mass is 32.1. The number of nitro groups is 1. The summed E-state index contributed by atoms with van der Waals surface area (Å²) < 4.78 is 6.98. The fraction of sp³-hybridized carbons (Fsp3) is 0.182. The molecule has 0 atom stereocenters. The van der Waals surface area contributed by atoms with Crippen molar-refractivity contribution in [1.82, 2.24) is 20.0 Å². The Kier molecular flexibility index (Phi) is 3.03. The highest BCUT2D eigenvalue weighted by molar-refractivity contribution is 7.13. The van der Waals surface area contributed by atoms with Crippen LogP contribution in [0.5, 0.6) is 0 Å². The summed E-state index contributed by atoms with van der Waals surface area (Å²) in [5.41, 5.74) is 0.660. The van der Waals surface area contributed by atoms with Gasteiger partial charge in [-0.1, -0.05) is 6.07 Å². The zero-order valence-corrected chi connectivity index (χ0v) is 11.2. The summed E-state index contributed by atoms with van der Waals surface area (Å²) in [7, 11) is 0. The molecule has 0 unspecified atom stereocenters. The number of hydrogen-bond donors (Lipinski definition) is 0. The van der Waals surface area contributed by atoms with E-state index in [-0.39, 0.29) is 12.4 Å². The molecule has 0 spiro atoms. The molecule has 0 fully saturated rings. The van der Waals surface area contributed by atoms with Crippen LogP contribution in [-0.2, 0) is 6.54 Å². The minimum atomic E-state index is -0.533. The van der Waals surface area contributed by atoms with Gasteiger partial charge in [-0.2, -0.15) is 4.68 Å². The number of aromatic nitrogens is 4. The summed E-state index contributed by atoms with van der Waals surface area (Å²) >= 11 is 1.50. The molecule has 102 valence electrons. The van der Waals surface area contributed by atoms with E-state index in [1.807, 2.05) is 17.5 Å². The summed E-state index contributed by atoms with van der Waals surface area (Å²) in [5.74, 6) is 0.601. The minimum absolute atomic E-state index is 0.194. The van der Waals surface area contributed by atoms with E-state index in [9.17, 15) is 10.1 Å². The lowest BCUT2D eigenvalue weighted by molar-refractivity contribution is -0.389. The Morgan fingerprint density at radius 3 is 3.00 bits per heavy atom. The molecule has 3 rings (SSSR count). The molecule has 0 aromatic carbocycles. The summed E-state index contributed by atoms with van der Waals surface area (Å²) in [6, 6.07) is 5.17. The highest BCUT2D eigenvalue weighted by Crippen LogP contribution is 2.23. The second kappa shape index (κ2) is 4.85. The van der Waals surface area contributed by atoms with Gasteiger partial charge in [0.2, 0.25) is 5.89 Å². The van der Waals surface area contributed by atoms with Gasteiger partial charge < -0.3 is 14.5 Å². The predicted molar refractivity (Wildman–Crippen MR) is 70.3 cm³/mol. The van der Waals surface area contributed by atoms with Crippen LogP contribution in [0.3, 0.4) is 0 Å². The third-order valence-electron chi connectivity index (χ3n) is 2.64. The summed E-state index contributed by atoms with van der Waals surface area (Å²) in [5, 5.41) is 24.3. The van der Waals surface area contributed by atoms with Gasteiger partial charge in [0, 0.05) is 0 Å². The predicted octanol–water partition coefficient (Wildman–Crippen LogP) is 2.26. The Hall–Kier alpha value is -2.55. The third-order valence-corrected chi connectivity index (χ3v) is 3.50. The smallest absolute Gasteiger partial charge is 0.390 e. The molecule has 3 aromatic rings. The Morgan fingerprint density at radius 1 is 1.50 bits per heavy atom. The van der Waals surface area contributed by atoms with E-state index in [1.165, 1.54) is 22.1 Å². The average molecular weight is 291 g/mol. The van der Waals surface area contributed by atoms with Gasteiger partial charge >= 0.3 is 5.82 Å². The van der Waals surface area contributed by atoms with Crippen LogP contribution in [0.15, 0.2) is 28.0 Å². The van der Waals surface area contributed by atoms with E-state index in [4.69, 9.17) is 4.42 Å². The van der Waals surface area contributed by atoms with Crippen molar-refractivity contribution >= 4 is 17.2 Å². The summed E-state index contributed by atoms with van der Waals surface area (Å²) in [6.07, 6.45) is 0. The zero-order valence-electron chi connectivity index (χ0n) is 10.4. The molecular formula is C11H9N5O3S. The van der Waals surface area contributed by atoms with Crippen LogP contribution < -0.4 is 0 Å². The van der Waals surface area contributed by atoms with Crippen LogP contribution in [0.1, 0.15) is 11.6 Å². The molecule has 0 saturated carbocycles.